The van der Waals surface area contributed by atoms with Crippen molar-refractivity contribution in [2.24, 2.45) is 5.92 Å². The Hall–Kier alpha value is -1.08. The summed E-state index contributed by atoms with van der Waals surface area (Å²) in [6.07, 6.45) is -4.41. The Bertz CT molecular complexity index is 522. The first-order chi connectivity index (χ1) is 10.8. The number of thiophene rings is 1. The van der Waals surface area contributed by atoms with Crippen molar-refractivity contribution in [3.05, 3.63) is 21.9 Å². The maximum absolute atomic E-state index is 12.5. The van der Waals surface area contributed by atoms with E-state index in [9.17, 15) is 23.1 Å². The van der Waals surface area contributed by atoms with Gasteiger partial charge in [-0.25, -0.2) is 0 Å². The Balaban J connectivity index is 1.71. The first-order valence-corrected chi connectivity index (χ1v) is 8.67. The highest BCUT2D eigenvalue weighted by atomic mass is 32.1. The maximum Gasteiger partial charge on any atom is 0.414 e. The van der Waals surface area contributed by atoms with E-state index in [2.05, 4.69) is 12.1 Å². The first-order valence-electron chi connectivity index (χ1n) is 7.85. The molecule has 1 aliphatic heterocycles. The molecule has 0 radical (unpaired) electrons. The standard InChI is InChI=1S/C16H22F3NO2S/c1-11-5-6-13(23-11)3-2-4-14(21)20-9-7-12(8-10-20)15(22)16(17,18)19/h5-6,12,15,22H,2-4,7-10H2,1H3. The fourth-order valence-electron chi connectivity index (χ4n) is 2.92. The summed E-state index contributed by atoms with van der Waals surface area (Å²) in [4.78, 5) is 16.2. The number of aliphatic hydroxyl groups is 1. The van der Waals surface area contributed by atoms with Gasteiger partial charge in [0, 0.05) is 29.3 Å². The van der Waals surface area contributed by atoms with E-state index < -0.39 is 18.2 Å². The fourth-order valence-corrected chi connectivity index (χ4v) is 3.86. The molecule has 1 aliphatic rings. The average Bonchev–Trinajstić information content (AvgIpc) is 2.91. The zero-order chi connectivity index (χ0) is 17.0. The highest BCUT2D eigenvalue weighted by molar-refractivity contribution is 7.11. The molecular formula is C16H22F3NO2S. The van der Waals surface area contributed by atoms with Crippen molar-refractivity contribution in [1.29, 1.82) is 0 Å². The normalized spacial score (nSPS) is 18.2. The summed E-state index contributed by atoms with van der Waals surface area (Å²) in [5.74, 6) is -0.800. The lowest BCUT2D eigenvalue weighted by Gasteiger charge is -2.34. The number of likely N-dealkylation sites (tertiary alicyclic amines) is 1. The summed E-state index contributed by atoms with van der Waals surface area (Å²) in [6, 6.07) is 4.12. The summed E-state index contributed by atoms with van der Waals surface area (Å²) >= 11 is 1.72. The summed E-state index contributed by atoms with van der Waals surface area (Å²) < 4.78 is 37.5. The zero-order valence-electron chi connectivity index (χ0n) is 13.1. The second-order valence-corrected chi connectivity index (χ2v) is 7.44. The minimum Gasteiger partial charge on any atom is -0.383 e. The van der Waals surface area contributed by atoms with Crippen molar-refractivity contribution in [1.82, 2.24) is 4.90 Å². The van der Waals surface area contributed by atoms with Crippen LogP contribution in [-0.2, 0) is 11.2 Å². The number of halogens is 3. The maximum atomic E-state index is 12.5. The van der Waals surface area contributed by atoms with E-state index in [1.165, 1.54) is 9.75 Å². The van der Waals surface area contributed by atoms with Crippen LogP contribution in [-0.4, -0.2) is 41.3 Å². The lowest BCUT2D eigenvalue weighted by atomic mass is 9.90. The van der Waals surface area contributed by atoms with Crippen LogP contribution < -0.4 is 0 Å². The van der Waals surface area contributed by atoms with Crippen LogP contribution in [0.25, 0.3) is 0 Å². The van der Waals surface area contributed by atoms with Crippen molar-refractivity contribution < 1.29 is 23.1 Å². The van der Waals surface area contributed by atoms with Crippen LogP contribution in [0.2, 0.25) is 0 Å². The van der Waals surface area contributed by atoms with Gasteiger partial charge in [0.25, 0.3) is 0 Å². The van der Waals surface area contributed by atoms with Crippen LogP contribution in [0.3, 0.4) is 0 Å². The molecule has 2 rings (SSSR count). The Labute approximate surface area is 138 Å². The van der Waals surface area contributed by atoms with Gasteiger partial charge < -0.3 is 10.0 Å². The number of amides is 1. The van der Waals surface area contributed by atoms with Crippen LogP contribution in [0, 0.1) is 12.8 Å². The molecular weight excluding hydrogens is 327 g/mol. The molecule has 2 heterocycles. The van der Waals surface area contributed by atoms with E-state index in [1.54, 1.807) is 16.2 Å². The molecule has 1 unspecified atom stereocenters. The van der Waals surface area contributed by atoms with E-state index in [4.69, 9.17) is 0 Å². The summed E-state index contributed by atoms with van der Waals surface area (Å²) in [5.41, 5.74) is 0. The molecule has 1 fully saturated rings. The van der Waals surface area contributed by atoms with Gasteiger partial charge in [0.2, 0.25) is 5.91 Å². The lowest BCUT2D eigenvalue weighted by molar-refractivity contribution is -0.222. The Kier molecular flexibility index (Phi) is 6.08. The number of alkyl halides is 3. The van der Waals surface area contributed by atoms with Gasteiger partial charge in [0.05, 0.1) is 0 Å². The molecule has 0 bridgehead atoms. The third-order valence-electron chi connectivity index (χ3n) is 4.28. The second kappa shape index (κ2) is 7.66. The highest BCUT2D eigenvalue weighted by Gasteiger charge is 2.44. The smallest absolute Gasteiger partial charge is 0.383 e. The third kappa shape index (κ3) is 5.21. The lowest BCUT2D eigenvalue weighted by Crippen LogP contribution is -2.45. The minimum absolute atomic E-state index is 0.00164. The molecule has 130 valence electrons. The third-order valence-corrected chi connectivity index (χ3v) is 5.34. The second-order valence-electron chi connectivity index (χ2n) is 6.07. The van der Waals surface area contributed by atoms with Crippen LogP contribution in [0.15, 0.2) is 12.1 Å². The number of carbonyl (C=O) groups is 1. The molecule has 1 aromatic heterocycles. The predicted molar refractivity (Wildman–Crippen MR) is 83.4 cm³/mol. The number of hydrogen-bond donors (Lipinski definition) is 1. The highest BCUT2D eigenvalue weighted by Crippen LogP contribution is 2.31. The van der Waals surface area contributed by atoms with Crippen LogP contribution in [0.5, 0.6) is 0 Å². The molecule has 1 N–H and O–H groups in total. The molecule has 0 aromatic carbocycles. The van der Waals surface area contributed by atoms with Gasteiger partial charge in [-0.1, -0.05) is 0 Å². The summed E-state index contributed by atoms with van der Waals surface area (Å²) in [7, 11) is 0. The minimum atomic E-state index is -4.57. The topological polar surface area (TPSA) is 40.5 Å². The van der Waals surface area contributed by atoms with Gasteiger partial charge in [-0.3, -0.25) is 4.79 Å². The van der Waals surface area contributed by atoms with E-state index >= 15 is 0 Å². The summed E-state index contributed by atoms with van der Waals surface area (Å²) in [5, 5.41) is 9.28. The molecule has 0 saturated carbocycles. The number of aryl methyl sites for hydroxylation is 2. The largest absolute Gasteiger partial charge is 0.414 e. The quantitative estimate of drug-likeness (QED) is 0.883. The number of piperidine rings is 1. The van der Waals surface area contributed by atoms with Crippen molar-refractivity contribution in [2.45, 2.75) is 51.3 Å². The molecule has 7 heteroatoms. The molecule has 1 atom stereocenters. The van der Waals surface area contributed by atoms with Gasteiger partial charge in [-0.2, -0.15) is 13.2 Å². The van der Waals surface area contributed by atoms with Crippen molar-refractivity contribution in [3.8, 4) is 0 Å². The molecule has 0 spiro atoms. The molecule has 3 nitrogen and oxygen atoms in total. The molecule has 23 heavy (non-hydrogen) atoms. The average molecular weight is 349 g/mol. The van der Waals surface area contributed by atoms with Crippen molar-refractivity contribution >= 4 is 17.2 Å². The zero-order valence-corrected chi connectivity index (χ0v) is 13.9. The number of aliphatic hydroxyl groups excluding tert-OH is 1. The van der Waals surface area contributed by atoms with Gasteiger partial charge in [0.1, 0.15) is 0 Å². The molecule has 1 saturated heterocycles. The van der Waals surface area contributed by atoms with Gasteiger partial charge in [0.15, 0.2) is 6.10 Å². The number of carbonyl (C=O) groups excluding carboxylic acids is 1. The number of nitrogens with zero attached hydrogens (tertiary/aromatic N) is 1. The van der Waals surface area contributed by atoms with Gasteiger partial charge >= 0.3 is 6.18 Å². The van der Waals surface area contributed by atoms with Crippen molar-refractivity contribution in [3.63, 3.8) is 0 Å². The van der Waals surface area contributed by atoms with E-state index in [0.29, 0.717) is 19.5 Å². The Morgan fingerprint density at radius 3 is 2.57 bits per heavy atom. The first kappa shape index (κ1) is 18.3. The predicted octanol–water partition coefficient (Wildman–Crippen LogP) is 3.54. The van der Waals surface area contributed by atoms with Crippen LogP contribution >= 0.6 is 11.3 Å². The molecule has 1 amide bonds. The van der Waals surface area contributed by atoms with E-state index in [1.807, 2.05) is 6.92 Å². The van der Waals surface area contributed by atoms with Crippen LogP contribution in [0.4, 0.5) is 13.2 Å². The summed E-state index contributed by atoms with van der Waals surface area (Å²) in [6.45, 7) is 2.64. The number of rotatable bonds is 5. The van der Waals surface area contributed by atoms with Crippen LogP contribution in [0.1, 0.15) is 35.4 Å². The Morgan fingerprint density at radius 2 is 2.04 bits per heavy atom. The SMILES string of the molecule is Cc1ccc(CCCC(=O)N2CCC(C(O)C(F)(F)F)CC2)s1. The Morgan fingerprint density at radius 1 is 1.39 bits per heavy atom. The molecule has 0 aliphatic carbocycles. The van der Waals surface area contributed by atoms with E-state index in [-0.39, 0.29) is 18.7 Å². The van der Waals surface area contributed by atoms with Gasteiger partial charge in [-0.05, 0) is 50.7 Å². The number of hydrogen-bond acceptors (Lipinski definition) is 3. The van der Waals surface area contributed by atoms with E-state index in [0.717, 1.165) is 12.8 Å². The fraction of sp³-hybridized carbons (Fsp3) is 0.688. The monoisotopic (exact) mass is 349 g/mol. The molecule has 1 aromatic rings. The van der Waals surface area contributed by atoms with Crippen molar-refractivity contribution in [2.75, 3.05) is 13.1 Å². The van der Waals surface area contributed by atoms with Gasteiger partial charge in [-0.15, -0.1) is 11.3 Å².